The van der Waals surface area contributed by atoms with Crippen LogP contribution in [0.1, 0.15) is 54.7 Å². The Labute approximate surface area is 209 Å². The lowest BCUT2D eigenvalue weighted by Crippen LogP contribution is -2.46. The van der Waals surface area contributed by atoms with E-state index in [4.69, 9.17) is 5.73 Å². The number of H-pyrrole nitrogens is 1. The Morgan fingerprint density at radius 1 is 1.23 bits per heavy atom. The van der Waals surface area contributed by atoms with Gasteiger partial charge in [0.05, 0.1) is 16.0 Å². The van der Waals surface area contributed by atoms with Gasteiger partial charge in [-0.3, -0.25) is 9.59 Å². The molecule has 2 aliphatic rings. The van der Waals surface area contributed by atoms with Gasteiger partial charge in [-0.1, -0.05) is 17.4 Å². The minimum absolute atomic E-state index is 0.0686. The van der Waals surface area contributed by atoms with Gasteiger partial charge < -0.3 is 26.3 Å². The molecule has 0 saturated carbocycles. The van der Waals surface area contributed by atoms with E-state index in [1.807, 2.05) is 12.3 Å². The van der Waals surface area contributed by atoms with Crippen molar-refractivity contribution in [1.82, 2.24) is 20.2 Å². The first-order chi connectivity index (χ1) is 16.8. The fourth-order valence-electron chi connectivity index (χ4n) is 5.36. The van der Waals surface area contributed by atoms with Crippen molar-refractivity contribution in [2.45, 2.75) is 58.0 Å². The summed E-state index contributed by atoms with van der Waals surface area (Å²) in [6.07, 6.45) is 6.10. The second-order valence-corrected chi connectivity index (χ2v) is 11.2. The highest BCUT2D eigenvalue weighted by molar-refractivity contribution is 7.19. The fraction of sp³-hybridized carbons (Fsp3) is 0.500. The Morgan fingerprint density at radius 3 is 2.71 bits per heavy atom. The van der Waals surface area contributed by atoms with E-state index < -0.39 is 5.91 Å². The Bertz CT molecular complexity index is 1250. The molecule has 1 saturated heterocycles. The number of anilines is 1. The molecule has 2 amide bonds. The van der Waals surface area contributed by atoms with E-state index in [2.05, 4.69) is 46.4 Å². The number of nitrogens with two attached hydrogens (primary N) is 1. The van der Waals surface area contributed by atoms with Crippen LogP contribution in [0.2, 0.25) is 0 Å². The monoisotopic (exact) mass is 494 g/mol. The molecule has 2 aromatic heterocycles. The van der Waals surface area contributed by atoms with E-state index in [1.165, 1.54) is 5.56 Å². The van der Waals surface area contributed by atoms with Crippen molar-refractivity contribution in [3.63, 3.8) is 0 Å². The number of piperidine rings is 1. The van der Waals surface area contributed by atoms with E-state index in [0.717, 1.165) is 70.9 Å². The summed E-state index contributed by atoms with van der Waals surface area (Å²) in [5, 5.41) is 8.56. The van der Waals surface area contributed by atoms with Gasteiger partial charge in [0.15, 0.2) is 5.13 Å². The molecule has 3 heterocycles. The number of hydrogen-bond donors (Lipinski definition) is 4. The summed E-state index contributed by atoms with van der Waals surface area (Å²) in [7, 11) is 2.12. The molecule has 1 fully saturated rings. The summed E-state index contributed by atoms with van der Waals surface area (Å²) >= 11 is 1.60. The topological polar surface area (TPSA) is 116 Å². The van der Waals surface area contributed by atoms with E-state index in [0.29, 0.717) is 18.0 Å². The summed E-state index contributed by atoms with van der Waals surface area (Å²) in [6.45, 7) is 6.21. The lowest BCUT2D eigenvalue weighted by atomic mass is 9.85. The highest BCUT2D eigenvalue weighted by Gasteiger charge is 2.31. The summed E-state index contributed by atoms with van der Waals surface area (Å²) in [4.78, 5) is 36.7. The average molecular weight is 495 g/mol. The number of carbonyl (C=O) groups excluding carboxylic acids is 2. The molecule has 186 valence electrons. The maximum absolute atomic E-state index is 13.1. The number of aromatic nitrogens is 2. The normalized spacial score (nSPS) is 19.1. The Balaban J connectivity index is 1.45. The molecular weight excluding hydrogens is 460 g/mol. The zero-order valence-corrected chi connectivity index (χ0v) is 21.4. The predicted molar refractivity (Wildman–Crippen MR) is 141 cm³/mol. The molecule has 0 spiro atoms. The van der Waals surface area contributed by atoms with Crippen LogP contribution in [-0.4, -0.2) is 58.9 Å². The SMILES string of the molecule is CC(C)Nc1ncc(-c2ccc(C(N)=O)c3[nH]c4c(c23)CCC(C(=O)NC2CCN(C)CC2)C4)s1. The van der Waals surface area contributed by atoms with Crippen LogP contribution in [-0.2, 0) is 17.6 Å². The van der Waals surface area contributed by atoms with Gasteiger partial charge in [-0.15, -0.1) is 0 Å². The Morgan fingerprint density at radius 2 is 2.00 bits per heavy atom. The third kappa shape index (κ3) is 4.79. The van der Waals surface area contributed by atoms with Gasteiger partial charge in [-0.2, -0.15) is 0 Å². The summed E-state index contributed by atoms with van der Waals surface area (Å²) in [5.41, 5.74) is 10.2. The summed E-state index contributed by atoms with van der Waals surface area (Å²) < 4.78 is 0. The average Bonchev–Trinajstić information content (AvgIpc) is 3.43. The molecule has 5 N–H and O–H groups in total. The molecule has 1 aliphatic heterocycles. The van der Waals surface area contributed by atoms with Crippen LogP contribution in [0.4, 0.5) is 5.13 Å². The van der Waals surface area contributed by atoms with Gasteiger partial charge in [-0.05, 0) is 77.7 Å². The van der Waals surface area contributed by atoms with Crippen LogP contribution in [0, 0.1) is 5.92 Å². The van der Waals surface area contributed by atoms with Gasteiger partial charge in [0.2, 0.25) is 5.91 Å². The number of fused-ring (bicyclic) bond motifs is 3. The minimum Gasteiger partial charge on any atom is -0.366 e. The zero-order valence-electron chi connectivity index (χ0n) is 20.6. The molecule has 1 atom stereocenters. The summed E-state index contributed by atoms with van der Waals surface area (Å²) in [5.74, 6) is -0.379. The van der Waals surface area contributed by atoms with Crippen molar-refractivity contribution >= 4 is 39.2 Å². The first-order valence-corrected chi connectivity index (χ1v) is 13.3. The number of nitrogens with zero attached hydrogens (tertiary/aromatic N) is 2. The number of thiazole rings is 1. The predicted octanol–water partition coefficient (Wildman–Crippen LogP) is 3.53. The van der Waals surface area contributed by atoms with Crippen molar-refractivity contribution in [2.75, 3.05) is 25.5 Å². The van der Waals surface area contributed by atoms with Gasteiger partial charge >= 0.3 is 0 Å². The number of aryl methyl sites for hydroxylation is 1. The molecule has 1 unspecified atom stereocenters. The number of benzene rings is 1. The molecule has 0 radical (unpaired) electrons. The van der Waals surface area contributed by atoms with Crippen molar-refractivity contribution < 1.29 is 9.59 Å². The van der Waals surface area contributed by atoms with Gasteiger partial charge in [-0.25, -0.2) is 4.98 Å². The van der Waals surface area contributed by atoms with Crippen LogP contribution in [0.5, 0.6) is 0 Å². The molecule has 1 aromatic carbocycles. The van der Waals surface area contributed by atoms with Crippen molar-refractivity contribution in [3.8, 4) is 10.4 Å². The second-order valence-electron chi connectivity index (χ2n) is 10.2. The van der Waals surface area contributed by atoms with Crippen LogP contribution in [0.15, 0.2) is 18.3 Å². The van der Waals surface area contributed by atoms with Crippen molar-refractivity contribution in [1.29, 1.82) is 0 Å². The Hall–Kier alpha value is -2.91. The number of rotatable bonds is 6. The largest absolute Gasteiger partial charge is 0.366 e. The summed E-state index contributed by atoms with van der Waals surface area (Å²) in [6, 6.07) is 4.32. The second kappa shape index (κ2) is 9.62. The highest BCUT2D eigenvalue weighted by atomic mass is 32.1. The molecule has 35 heavy (non-hydrogen) atoms. The molecular formula is C26H34N6O2S. The van der Waals surface area contributed by atoms with E-state index in [-0.39, 0.29) is 17.9 Å². The molecule has 0 bridgehead atoms. The first kappa shape index (κ1) is 23.8. The van der Waals surface area contributed by atoms with Crippen LogP contribution < -0.4 is 16.4 Å². The minimum atomic E-state index is -0.455. The number of amides is 2. The molecule has 1 aliphatic carbocycles. The number of likely N-dealkylation sites (tertiary alicyclic amines) is 1. The fourth-order valence-corrected chi connectivity index (χ4v) is 6.35. The van der Waals surface area contributed by atoms with Crippen molar-refractivity contribution in [2.24, 2.45) is 11.7 Å². The molecule has 8 nitrogen and oxygen atoms in total. The third-order valence-electron chi connectivity index (χ3n) is 7.23. The van der Waals surface area contributed by atoms with Crippen molar-refractivity contribution in [3.05, 3.63) is 35.2 Å². The maximum atomic E-state index is 13.1. The number of primary amides is 1. The van der Waals surface area contributed by atoms with Gasteiger partial charge in [0.1, 0.15) is 0 Å². The van der Waals surface area contributed by atoms with Crippen LogP contribution in [0.3, 0.4) is 0 Å². The van der Waals surface area contributed by atoms with Gasteiger partial charge in [0.25, 0.3) is 5.91 Å². The smallest absolute Gasteiger partial charge is 0.250 e. The standard InChI is InChI=1S/C26H34N6O2S/c1-14(2)29-26-28-13-21(35-26)18-6-7-19(24(27)33)23-22(18)17-5-4-15(12-20(17)31-23)25(34)30-16-8-10-32(3)11-9-16/h6-7,13-16,31H,4-5,8-12H2,1-3H3,(H2,27,33)(H,28,29)(H,30,34). The van der Waals surface area contributed by atoms with E-state index in [9.17, 15) is 9.59 Å². The maximum Gasteiger partial charge on any atom is 0.250 e. The third-order valence-corrected chi connectivity index (χ3v) is 8.19. The van der Waals surface area contributed by atoms with Crippen LogP contribution in [0.25, 0.3) is 21.3 Å². The Kier molecular flexibility index (Phi) is 6.55. The number of aromatic amines is 1. The number of hydrogen-bond acceptors (Lipinski definition) is 6. The number of carbonyl (C=O) groups is 2. The van der Waals surface area contributed by atoms with E-state index >= 15 is 0 Å². The highest BCUT2D eigenvalue weighted by Crippen LogP contribution is 2.41. The first-order valence-electron chi connectivity index (χ1n) is 12.5. The zero-order chi connectivity index (χ0) is 24.7. The molecule has 5 rings (SSSR count). The number of nitrogens with one attached hydrogen (secondary N) is 3. The molecule has 3 aromatic rings. The van der Waals surface area contributed by atoms with E-state index in [1.54, 1.807) is 17.4 Å². The quantitative estimate of drug-likeness (QED) is 0.418. The lowest BCUT2D eigenvalue weighted by Gasteiger charge is -2.31. The van der Waals surface area contributed by atoms with Gasteiger partial charge in [0, 0.05) is 40.8 Å². The molecule has 9 heteroatoms. The lowest BCUT2D eigenvalue weighted by molar-refractivity contribution is -0.126. The van der Waals surface area contributed by atoms with Crippen LogP contribution >= 0.6 is 11.3 Å².